The monoisotopic (exact) mass is 359 g/mol. The molecule has 0 aliphatic rings. The van der Waals surface area contributed by atoms with Gasteiger partial charge < -0.3 is 19.3 Å². The third-order valence-corrected chi connectivity index (χ3v) is 2.94. The van der Waals surface area contributed by atoms with Gasteiger partial charge >= 0.3 is 0 Å². The quantitative estimate of drug-likeness (QED) is 0.692. The summed E-state index contributed by atoms with van der Waals surface area (Å²) in [4.78, 5) is 0. The standard InChI is InChI=1S/C21H28O4/c1-16-7-6-10-19(13-16)25-15-18(22)9-5-4-8-17-11-12-20(23-2)21(14-17)24-3/h6-7,10-14,18,22H,4-5,8-9,15H2,1-3H3/i2D3,4D2,6D,7D,10D,11D,12D,13D,14D,15D2,18D. The molecule has 4 heteroatoms. The van der Waals surface area contributed by atoms with E-state index in [2.05, 4.69) is 0 Å². The highest BCUT2D eigenvalue weighted by Crippen LogP contribution is 2.28. The molecule has 2 aromatic carbocycles. The van der Waals surface area contributed by atoms with Crippen molar-refractivity contribution >= 4 is 0 Å². The van der Waals surface area contributed by atoms with Gasteiger partial charge in [-0.1, -0.05) is 24.5 Å². The van der Waals surface area contributed by atoms with E-state index in [9.17, 15) is 5.11 Å². The first-order valence-electron chi connectivity index (χ1n) is 14.8. The number of aliphatic hydroxyl groups is 1. The Labute approximate surface area is 171 Å². The van der Waals surface area contributed by atoms with Gasteiger partial charge in [0.15, 0.2) is 11.5 Å². The van der Waals surface area contributed by atoms with Gasteiger partial charge in [-0.25, -0.2) is 0 Å². The minimum Gasteiger partial charge on any atom is -0.493 e. The first-order valence-corrected chi connectivity index (χ1v) is 7.32. The van der Waals surface area contributed by atoms with E-state index in [1.807, 2.05) is 0 Å². The molecule has 0 amide bonds. The summed E-state index contributed by atoms with van der Waals surface area (Å²) < 4.78 is 133. The molecule has 0 saturated heterocycles. The van der Waals surface area contributed by atoms with Gasteiger partial charge in [0.1, 0.15) is 12.3 Å². The zero-order chi connectivity index (χ0) is 31.2. The van der Waals surface area contributed by atoms with Crippen LogP contribution >= 0.6 is 0 Å². The molecule has 0 saturated carbocycles. The highest BCUT2D eigenvalue weighted by atomic mass is 16.5. The van der Waals surface area contributed by atoms with Gasteiger partial charge in [0.2, 0.25) is 0 Å². The molecule has 1 atom stereocenters. The van der Waals surface area contributed by atoms with Crippen LogP contribution in [0.1, 0.15) is 50.9 Å². The molecule has 0 aromatic heterocycles. The first-order chi connectivity index (χ1) is 18.0. The largest absolute Gasteiger partial charge is 0.493 e. The number of hydrogen-bond acceptors (Lipinski definition) is 4. The second-order valence-electron chi connectivity index (χ2n) is 4.85. The molecule has 4 nitrogen and oxygen atoms in total. The van der Waals surface area contributed by atoms with E-state index in [4.69, 9.17) is 34.8 Å². The average molecular weight is 360 g/mol. The van der Waals surface area contributed by atoms with Crippen molar-refractivity contribution in [1.82, 2.24) is 0 Å². The first kappa shape index (κ1) is 7.20. The van der Waals surface area contributed by atoms with Crippen LogP contribution in [0.25, 0.3) is 0 Å². The molecule has 136 valence electrons. The Morgan fingerprint density at radius 2 is 2.12 bits per heavy atom. The summed E-state index contributed by atoms with van der Waals surface area (Å²) in [5.41, 5.74) is -0.447. The summed E-state index contributed by atoms with van der Waals surface area (Å²) in [6.07, 6.45) is -7.94. The summed E-state index contributed by atoms with van der Waals surface area (Å²) in [6, 6.07) is -4.57. The Balaban J connectivity index is 2.34. The molecular weight excluding hydrogens is 316 g/mol. The molecule has 0 aliphatic carbocycles. The van der Waals surface area contributed by atoms with Crippen molar-refractivity contribution in [1.29, 1.82) is 0 Å². The van der Waals surface area contributed by atoms with Crippen molar-refractivity contribution in [3.05, 3.63) is 53.4 Å². The minimum atomic E-state index is -3.32. The SMILES string of the molecule is [2H]c1c([2H])c(C)c([2H])c(OC([2H])([2H])C([2H])(O)CCC([2H])([2H])Cc2c([2H])c([2H])c(OC([2H])([2H])[2H])c(OC)c2[2H])c1[2H]. The summed E-state index contributed by atoms with van der Waals surface area (Å²) in [5, 5.41) is 10.6. The van der Waals surface area contributed by atoms with E-state index in [1.54, 1.807) is 0 Å². The van der Waals surface area contributed by atoms with Gasteiger partial charge in [-0.15, -0.1) is 0 Å². The van der Waals surface area contributed by atoms with Crippen molar-refractivity contribution in [2.75, 3.05) is 20.7 Å². The molecule has 0 bridgehead atoms. The Bertz CT molecular complexity index is 1250. The van der Waals surface area contributed by atoms with Gasteiger partial charge in [0.25, 0.3) is 0 Å². The zero-order valence-electron chi connectivity index (χ0n) is 28.8. The van der Waals surface area contributed by atoms with Gasteiger partial charge in [0, 0.05) is 2.74 Å². The molecule has 2 aromatic rings. The van der Waals surface area contributed by atoms with Crippen LogP contribution in [0.15, 0.2) is 42.3 Å². The number of ether oxygens (including phenoxy) is 3. The molecule has 25 heavy (non-hydrogen) atoms. The Morgan fingerprint density at radius 3 is 2.92 bits per heavy atom. The van der Waals surface area contributed by atoms with E-state index in [0.717, 1.165) is 7.11 Å². The fourth-order valence-electron chi connectivity index (χ4n) is 1.76. The van der Waals surface area contributed by atoms with Crippen molar-refractivity contribution in [3.8, 4) is 17.2 Å². The molecule has 0 aliphatic heterocycles. The third kappa shape index (κ3) is 6.31. The van der Waals surface area contributed by atoms with Crippen molar-refractivity contribution in [2.45, 2.75) is 38.6 Å². The number of benzene rings is 2. The van der Waals surface area contributed by atoms with Crippen LogP contribution in [0.2, 0.25) is 0 Å². The van der Waals surface area contributed by atoms with Crippen LogP contribution in [0, 0.1) is 6.92 Å². The minimum absolute atomic E-state index is 0.0893. The maximum Gasteiger partial charge on any atom is 0.160 e. The lowest BCUT2D eigenvalue weighted by atomic mass is 10.0. The van der Waals surface area contributed by atoms with E-state index in [1.165, 1.54) is 6.92 Å². The van der Waals surface area contributed by atoms with Crippen LogP contribution in [0.3, 0.4) is 0 Å². The van der Waals surface area contributed by atoms with Gasteiger partial charge in [-0.05, 0) is 61.4 Å². The third-order valence-electron chi connectivity index (χ3n) is 2.94. The topological polar surface area (TPSA) is 47.9 Å². The lowest BCUT2D eigenvalue weighted by Gasteiger charge is -2.13. The summed E-state index contributed by atoms with van der Waals surface area (Å²) in [6.45, 7) is -2.03. The van der Waals surface area contributed by atoms with Gasteiger partial charge in [0.05, 0.1) is 38.0 Å². The number of methoxy groups -OCH3 is 2. The zero-order valence-corrected chi connectivity index (χ0v) is 13.8. The van der Waals surface area contributed by atoms with Gasteiger partial charge in [-0.2, -0.15) is 0 Å². The van der Waals surface area contributed by atoms with Crippen LogP contribution < -0.4 is 14.2 Å². The van der Waals surface area contributed by atoms with E-state index in [-0.39, 0.29) is 11.1 Å². The normalized spacial score (nSPS) is 23.4. The lowest BCUT2D eigenvalue weighted by Crippen LogP contribution is -2.17. The smallest absolute Gasteiger partial charge is 0.160 e. The predicted molar refractivity (Wildman–Crippen MR) is 99.8 cm³/mol. The maximum atomic E-state index is 10.6. The molecule has 1 N–H and O–H groups in total. The van der Waals surface area contributed by atoms with E-state index < -0.39 is 105 Å². The number of rotatable bonds is 10. The molecule has 0 fully saturated rings. The summed E-state index contributed by atoms with van der Waals surface area (Å²) in [7, 11) is -1.96. The number of hydrogen-bond donors (Lipinski definition) is 1. The fourth-order valence-corrected chi connectivity index (χ4v) is 1.76. The molecular formula is C21H28O4. The van der Waals surface area contributed by atoms with Crippen LogP contribution in [0.5, 0.6) is 17.2 Å². The average Bonchev–Trinajstić information content (AvgIpc) is 2.83. The predicted octanol–water partition coefficient (Wildman–Crippen LogP) is 4.16. The van der Waals surface area contributed by atoms with Crippen LogP contribution in [-0.2, 0) is 6.42 Å². The summed E-state index contributed by atoms with van der Waals surface area (Å²) in [5.74, 6) is -1.98. The summed E-state index contributed by atoms with van der Waals surface area (Å²) >= 11 is 0. The van der Waals surface area contributed by atoms with E-state index >= 15 is 0 Å². The van der Waals surface area contributed by atoms with Crippen molar-refractivity contribution in [3.63, 3.8) is 0 Å². The Morgan fingerprint density at radius 1 is 1.24 bits per heavy atom. The van der Waals surface area contributed by atoms with Gasteiger partial charge in [-0.3, -0.25) is 0 Å². The second kappa shape index (κ2) is 9.94. The maximum absolute atomic E-state index is 10.6. The highest BCUT2D eigenvalue weighted by Gasteiger charge is 2.07. The molecule has 0 spiro atoms. The molecule has 2 rings (SSSR count). The fraction of sp³-hybridized carbons (Fsp3) is 0.429. The Hall–Kier alpha value is -2.20. The second-order valence-corrected chi connectivity index (χ2v) is 4.85. The van der Waals surface area contributed by atoms with Crippen LogP contribution in [-0.4, -0.2) is 31.9 Å². The molecule has 0 heterocycles. The molecule has 0 radical (unpaired) electrons. The lowest BCUT2D eigenvalue weighted by molar-refractivity contribution is 0.0976. The van der Waals surface area contributed by atoms with Crippen molar-refractivity contribution < 1.29 is 39.9 Å². The molecule has 1 unspecified atom stereocenters. The van der Waals surface area contributed by atoms with Crippen LogP contribution in [0.4, 0.5) is 0 Å². The Kier molecular flexibility index (Phi) is 2.86. The highest BCUT2D eigenvalue weighted by molar-refractivity contribution is 5.42. The van der Waals surface area contributed by atoms with E-state index in [0.29, 0.717) is 0 Å². The van der Waals surface area contributed by atoms with Crippen molar-refractivity contribution in [2.24, 2.45) is 0 Å².